The molecular formula is C22H20N6O4. The van der Waals surface area contributed by atoms with Gasteiger partial charge in [0.15, 0.2) is 17.2 Å². The van der Waals surface area contributed by atoms with Crippen LogP contribution >= 0.6 is 0 Å². The number of carbonyl (C=O) groups is 1. The Morgan fingerprint density at radius 1 is 1.22 bits per heavy atom. The lowest BCUT2D eigenvalue weighted by atomic mass is 9.97. The van der Waals surface area contributed by atoms with Gasteiger partial charge in [-0.3, -0.25) is 14.9 Å². The van der Waals surface area contributed by atoms with Crippen LogP contribution in [0.3, 0.4) is 0 Å². The molecule has 4 aromatic rings. The lowest BCUT2D eigenvalue weighted by Gasteiger charge is -2.30. The third-order valence-corrected chi connectivity index (χ3v) is 5.75. The van der Waals surface area contributed by atoms with E-state index < -0.39 is 4.92 Å². The number of benzene rings is 2. The van der Waals surface area contributed by atoms with Crippen molar-refractivity contribution in [3.8, 4) is 5.69 Å². The second kappa shape index (κ2) is 7.88. The summed E-state index contributed by atoms with van der Waals surface area (Å²) >= 11 is 0. The number of carbonyl (C=O) groups excluding carboxylic acids is 1. The van der Waals surface area contributed by atoms with Gasteiger partial charge >= 0.3 is 0 Å². The lowest BCUT2D eigenvalue weighted by molar-refractivity contribution is -0.384. The molecule has 0 bridgehead atoms. The number of nitrogens with zero attached hydrogens (tertiary/aromatic N) is 6. The zero-order valence-electron chi connectivity index (χ0n) is 17.3. The first-order valence-electron chi connectivity index (χ1n) is 10.3. The molecule has 10 nitrogen and oxygen atoms in total. The summed E-state index contributed by atoms with van der Waals surface area (Å²) in [6.45, 7) is 2.82. The molecule has 1 fully saturated rings. The summed E-state index contributed by atoms with van der Waals surface area (Å²) in [4.78, 5) is 30.2. The van der Waals surface area contributed by atoms with Gasteiger partial charge in [-0.1, -0.05) is 23.4 Å². The summed E-state index contributed by atoms with van der Waals surface area (Å²) in [5.74, 6) is 0.424. The van der Waals surface area contributed by atoms with Crippen LogP contribution in [0.5, 0.6) is 0 Å². The molecule has 162 valence electrons. The highest BCUT2D eigenvalue weighted by molar-refractivity contribution is 5.93. The molecule has 1 aliphatic heterocycles. The minimum atomic E-state index is -0.470. The van der Waals surface area contributed by atoms with Crippen LogP contribution in [-0.2, 0) is 0 Å². The van der Waals surface area contributed by atoms with Gasteiger partial charge in [0, 0.05) is 25.2 Å². The fraction of sp³-hybridized carbons (Fsp3) is 0.273. The van der Waals surface area contributed by atoms with Crippen molar-refractivity contribution >= 4 is 22.7 Å². The first-order valence-corrected chi connectivity index (χ1v) is 10.3. The van der Waals surface area contributed by atoms with Crippen LogP contribution in [0.15, 0.2) is 52.9 Å². The van der Waals surface area contributed by atoms with Crippen LogP contribution in [0.2, 0.25) is 0 Å². The number of para-hydroxylation sites is 2. The highest BCUT2D eigenvalue weighted by Gasteiger charge is 2.31. The van der Waals surface area contributed by atoms with Crippen molar-refractivity contribution in [3.63, 3.8) is 0 Å². The van der Waals surface area contributed by atoms with Crippen LogP contribution in [-0.4, -0.2) is 48.8 Å². The number of likely N-dealkylation sites (tertiary alicyclic amines) is 1. The first-order chi connectivity index (χ1) is 15.5. The molecule has 3 heterocycles. The van der Waals surface area contributed by atoms with Gasteiger partial charge < -0.3 is 9.32 Å². The van der Waals surface area contributed by atoms with E-state index in [2.05, 4.69) is 15.3 Å². The Bertz CT molecular complexity index is 1290. The SMILES string of the molecule is Cc1c(C(=O)N2CCCC(c3nc4ccccc4o3)C2)nnn1-c1cccc([N+](=O)[O-])c1. The maximum atomic E-state index is 13.2. The molecule has 2 aromatic carbocycles. The van der Waals surface area contributed by atoms with E-state index in [0.29, 0.717) is 30.4 Å². The topological polar surface area (TPSA) is 120 Å². The summed E-state index contributed by atoms with van der Waals surface area (Å²) in [6, 6.07) is 13.7. The predicted molar refractivity (Wildman–Crippen MR) is 115 cm³/mol. The fourth-order valence-electron chi connectivity index (χ4n) is 4.09. The van der Waals surface area contributed by atoms with Gasteiger partial charge in [-0.2, -0.15) is 0 Å². The van der Waals surface area contributed by atoms with Gasteiger partial charge in [-0.05, 0) is 38.0 Å². The Morgan fingerprint density at radius 3 is 2.88 bits per heavy atom. The largest absolute Gasteiger partial charge is 0.440 e. The molecule has 1 amide bonds. The van der Waals surface area contributed by atoms with Gasteiger partial charge in [0.25, 0.3) is 11.6 Å². The smallest absolute Gasteiger partial charge is 0.276 e. The molecule has 32 heavy (non-hydrogen) atoms. The van der Waals surface area contributed by atoms with E-state index in [0.717, 1.165) is 23.9 Å². The average Bonchev–Trinajstić information content (AvgIpc) is 3.42. The summed E-state index contributed by atoms with van der Waals surface area (Å²) in [6.07, 6.45) is 1.71. The summed E-state index contributed by atoms with van der Waals surface area (Å²) in [5.41, 5.74) is 2.73. The van der Waals surface area contributed by atoms with E-state index >= 15 is 0 Å². The Morgan fingerprint density at radius 2 is 2.06 bits per heavy atom. The molecule has 1 atom stereocenters. The first kappa shape index (κ1) is 19.9. The van der Waals surface area contributed by atoms with Crippen molar-refractivity contribution in [3.05, 3.63) is 75.9 Å². The molecule has 1 unspecified atom stereocenters. The van der Waals surface area contributed by atoms with Crippen molar-refractivity contribution < 1.29 is 14.1 Å². The number of amides is 1. The minimum absolute atomic E-state index is 0.00669. The average molecular weight is 432 g/mol. The zero-order valence-corrected chi connectivity index (χ0v) is 17.3. The van der Waals surface area contributed by atoms with Gasteiger partial charge in [-0.25, -0.2) is 9.67 Å². The number of oxazole rings is 1. The Hall–Kier alpha value is -4.08. The van der Waals surface area contributed by atoms with E-state index in [4.69, 9.17) is 4.42 Å². The third-order valence-electron chi connectivity index (χ3n) is 5.75. The van der Waals surface area contributed by atoms with E-state index in [1.807, 2.05) is 24.3 Å². The lowest BCUT2D eigenvalue weighted by Crippen LogP contribution is -2.39. The third kappa shape index (κ3) is 3.49. The van der Waals surface area contributed by atoms with E-state index in [1.54, 1.807) is 24.0 Å². The number of aromatic nitrogens is 4. The van der Waals surface area contributed by atoms with E-state index in [9.17, 15) is 14.9 Å². The van der Waals surface area contributed by atoms with Crippen LogP contribution < -0.4 is 0 Å². The molecule has 0 aliphatic carbocycles. The molecule has 1 aliphatic rings. The highest BCUT2D eigenvalue weighted by atomic mass is 16.6. The number of nitro groups is 1. The normalized spacial score (nSPS) is 16.4. The number of hydrogen-bond acceptors (Lipinski definition) is 7. The molecule has 2 aromatic heterocycles. The van der Waals surface area contributed by atoms with Crippen molar-refractivity contribution in [2.75, 3.05) is 13.1 Å². The molecule has 10 heteroatoms. The summed E-state index contributed by atoms with van der Waals surface area (Å²) < 4.78 is 7.37. The summed E-state index contributed by atoms with van der Waals surface area (Å²) in [5, 5.41) is 19.2. The monoisotopic (exact) mass is 432 g/mol. The van der Waals surface area contributed by atoms with Crippen molar-refractivity contribution in [2.45, 2.75) is 25.7 Å². The van der Waals surface area contributed by atoms with Crippen molar-refractivity contribution in [1.29, 1.82) is 0 Å². The molecule has 5 rings (SSSR count). The maximum absolute atomic E-state index is 13.2. The van der Waals surface area contributed by atoms with Gasteiger partial charge in [0.1, 0.15) is 5.52 Å². The number of fused-ring (bicyclic) bond motifs is 1. The molecule has 0 saturated carbocycles. The fourth-order valence-corrected chi connectivity index (χ4v) is 4.09. The van der Waals surface area contributed by atoms with E-state index in [1.165, 1.54) is 16.8 Å². The second-order valence-electron chi connectivity index (χ2n) is 7.82. The van der Waals surface area contributed by atoms with Crippen LogP contribution in [0, 0.1) is 17.0 Å². The van der Waals surface area contributed by atoms with Crippen LogP contribution in [0.25, 0.3) is 16.8 Å². The Kier molecular flexibility index (Phi) is 4.89. The molecule has 0 radical (unpaired) electrons. The van der Waals surface area contributed by atoms with Crippen molar-refractivity contribution in [2.24, 2.45) is 0 Å². The second-order valence-corrected chi connectivity index (χ2v) is 7.82. The minimum Gasteiger partial charge on any atom is -0.440 e. The maximum Gasteiger partial charge on any atom is 0.276 e. The van der Waals surface area contributed by atoms with Gasteiger partial charge in [0.05, 0.1) is 22.2 Å². The van der Waals surface area contributed by atoms with Gasteiger partial charge in [-0.15, -0.1) is 5.10 Å². The Balaban J connectivity index is 1.38. The number of rotatable bonds is 4. The number of piperidine rings is 1. The molecule has 0 N–H and O–H groups in total. The molecule has 0 spiro atoms. The molecular weight excluding hydrogens is 412 g/mol. The number of hydrogen-bond donors (Lipinski definition) is 0. The predicted octanol–water partition coefficient (Wildman–Crippen LogP) is 3.64. The number of nitro benzene ring substituents is 1. The van der Waals surface area contributed by atoms with Gasteiger partial charge in [0.2, 0.25) is 0 Å². The Labute approximate surface area is 182 Å². The van der Waals surface area contributed by atoms with Crippen LogP contribution in [0.1, 0.15) is 40.8 Å². The van der Waals surface area contributed by atoms with Crippen molar-refractivity contribution in [1.82, 2.24) is 24.9 Å². The zero-order chi connectivity index (χ0) is 22.2. The highest BCUT2D eigenvalue weighted by Crippen LogP contribution is 2.30. The quantitative estimate of drug-likeness (QED) is 0.356. The number of non-ortho nitro benzene ring substituents is 1. The van der Waals surface area contributed by atoms with Crippen LogP contribution in [0.4, 0.5) is 5.69 Å². The van der Waals surface area contributed by atoms with E-state index in [-0.39, 0.29) is 23.2 Å². The summed E-state index contributed by atoms with van der Waals surface area (Å²) in [7, 11) is 0. The molecule has 1 saturated heterocycles. The standard InChI is InChI=1S/C22H20N6O4/c1-14-20(24-25-27(14)16-7-4-8-17(12-16)28(30)31)22(29)26-11-5-6-15(13-26)21-23-18-9-2-3-10-19(18)32-21/h2-4,7-10,12,15H,5-6,11,13H2,1H3.